The van der Waals surface area contributed by atoms with E-state index in [1.807, 2.05) is 19.1 Å². The van der Waals surface area contributed by atoms with E-state index in [1.54, 1.807) is 60.4 Å². The maximum Gasteiger partial charge on any atom is 0.409 e. The molecule has 0 saturated carbocycles. The van der Waals surface area contributed by atoms with E-state index in [2.05, 4.69) is 10.0 Å². The zero-order valence-electron chi connectivity index (χ0n) is 19.8. The summed E-state index contributed by atoms with van der Waals surface area (Å²) >= 11 is 0. The average Bonchev–Trinajstić information content (AvgIpc) is 2.84. The lowest BCUT2D eigenvalue weighted by Gasteiger charge is -2.31. The molecule has 35 heavy (non-hydrogen) atoms. The molecule has 1 fully saturated rings. The molecule has 0 aliphatic carbocycles. The second-order valence-corrected chi connectivity index (χ2v) is 10.2. The third-order valence-corrected chi connectivity index (χ3v) is 7.65. The summed E-state index contributed by atoms with van der Waals surface area (Å²) in [6, 6.07) is 17.2. The van der Waals surface area contributed by atoms with Crippen LogP contribution in [0.3, 0.4) is 0 Å². The number of sulfonamides is 1. The molecular weight excluding hydrogens is 466 g/mol. The van der Waals surface area contributed by atoms with Gasteiger partial charge in [0.2, 0.25) is 10.0 Å². The highest BCUT2D eigenvalue weighted by molar-refractivity contribution is 7.89. The summed E-state index contributed by atoms with van der Waals surface area (Å²) in [7, 11) is -3.83. The van der Waals surface area contributed by atoms with Crippen LogP contribution >= 0.6 is 0 Å². The van der Waals surface area contributed by atoms with Gasteiger partial charge in [0.1, 0.15) is 0 Å². The summed E-state index contributed by atoms with van der Waals surface area (Å²) in [6.07, 6.45) is 0.629. The van der Waals surface area contributed by atoms with Crippen LogP contribution in [0.5, 0.6) is 0 Å². The third-order valence-electron chi connectivity index (χ3n) is 6.08. The Bertz CT molecular complexity index is 1330. The van der Waals surface area contributed by atoms with E-state index in [-0.39, 0.29) is 22.9 Å². The van der Waals surface area contributed by atoms with Crippen LogP contribution < -0.4 is 10.0 Å². The lowest BCUT2D eigenvalue weighted by atomic mass is 10.1. The number of hydrogen-bond acceptors (Lipinski definition) is 5. The Balaban J connectivity index is 1.53. The number of fused-ring (bicyclic) bond motifs is 1. The SMILES string of the molecule is CCOC(=O)N1CCC(NS(=O)(=O)c2cccc3c(NC(=O)c4ccc(C)cc4)cccc23)CC1. The molecule has 1 saturated heterocycles. The molecule has 0 bridgehead atoms. The van der Waals surface area contributed by atoms with E-state index in [1.165, 1.54) is 0 Å². The van der Waals surface area contributed by atoms with Gasteiger partial charge in [-0.2, -0.15) is 0 Å². The van der Waals surface area contributed by atoms with Crippen molar-refractivity contribution in [3.63, 3.8) is 0 Å². The standard InChI is InChI=1S/C26H29N3O5S/c1-3-34-26(31)29-16-14-20(15-17-29)28-35(32,33)24-9-5-6-21-22(24)7-4-8-23(21)27-25(30)19-12-10-18(2)11-13-19/h4-13,20,28H,3,14-17H2,1-2H3,(H,27,30). The predicted molar refractivity (Wildman–Crippen MR) is 135 cm³/mol. The molecule has 0 radical (unpaired) electrons. The van der Waals surface area contributed by atoms with Crippen LogP contribution in [0.15, 0.2) is 65.6 Å². The molecule has 3 aromatic carbocycles. The van der Waals surface area contributed by atoms with Crippen molar-refractivity contribution >= 4 is 38.5 Å². The summed E-state index contributed by atoms with van der Waals surface area (Å²) in [5.74, 6) is -0.266. The molecule has 2 N–H and O–H groups in total. The van der Waals surface area contributed by atoms with Gasteiger partial charge in [0.15, 0.2) is 0 Å². The fourth-order valence-corrected chi connectivity index (χ4v) is 5.73. The Morgan fingerprint density at radius 3 is 2.31 bits per heavy atom. The number of carbonyl (C=O) groups excluding carboxylic acids is 2. The van der Waals surface area contributed by atoms with Crippen molar-refractivity contribution < 1.29 is 22.7 Å². The summed E-state index contributed by atoms with van der Waals surface area (Å²) in [4.78, 5) is 26.4. The molecule has 0 atom stereocenters. The van der Waals surface area contributed by atoms with Gasteiger partial charge < -0.3 is 15.0 Å². The zero-order chi connectivity index (χ0) is 25.0. The number of likely N-dealkylation sites (tertiary alicyclic amines) is 1. The number of ether oxygens (including phenoxy) is 1. The zero-order valence-corrected chi connectivity index (χ0v) is 20.6. The number of nitrogens with one attached hydrogen (secondary N) is 2. The van der Waals surface area contributed by atoms with E-state index in [0.29, 0.717) is 54.6 Å². The molecule has 1 heterocycles. The first-order chi connectivity index (χ1) is 16.8. The quantitative estimate of drug-likeness (QED) is 0.531. The molecule has 184 valence electrons. The van der Waals surface area contributed by atoms with Gasteiger partial charge in [-0.25, -0.2) is 17.9 Å². The highest BCUT2D eigenvalue weighted by Gasteiger charge is 2.28. The molecule has 3 aromatic rings. The minimum atomic E-state index is -3.83. The number of carbonyl (C=O) groups is 2. The number of piperidine rings is 1. The van der Waals surface area contributed by atoms with E-state index in [0.717, 1.165) is 5.56 Å². The highest BCUT2D eigenvalue weighted by Crippen LogP contribution is 2.29. The molecule has 8 nitrogen and oxygen atoms in total. The van der Waals surface area contributed by atoms with Crippen LogP contribution in [0.1, 0.15) is 35.7 Å². The number of benzene rings is 3. The second kappa shape index (κ2) is 10.5. The van der Waals surface area contributed by atoms with Gasteiger partial charge in [-0.15, -0.1) is 0 Å². The van der Waals surface area contributed by atoms with Crippen LogP contribution in [0.2, 0.25) is 0 Å². The minimum absolute atomic E-state index is 0.147. The monoisotopic (exact) mass is 495 g/mol. The first-order valence-electron chi connectivity index (χ1n) is 11.6. The van der Waals surface area contributed by atoms with Crippen molar-refractivity contribution in [1.29, 1.82) is 0 Å². The number of nitrogens with zero attached hydrogens (tertiary/aromatic N) is 1. The van der Waals surface area contributed by atoms with E-state index in [9.17, 15) is 18.0 Å². The van der Waals surface area contributed by atoms with Crippen LogP contribution in [-0.4, -0.2) is 51.1 Å². The minimum Gasteiger partial charge on any atom is -0.450 e. The first-order valence-corrected chi connectivity index (χ1v) is 13.1. The molecule has 0 unspecified atom stereocenters. The summed E-state index contributed by atoms with van der Waals surface area (Å²) in [5, 5.41) is 4.05. The molecule has 4 rings (SSSR count). The Morgan fingerprint density at radius 1 is 0.971 bits per heavy atom. The van der Waals surface area contributed by atoms with Crippen LogP contribution in [0, 0.1) is 6.92 Å². The van der Waals surface area contributed by atoms with Crippen molar-refractivity contribution in [2.45, 2.75) is 37.6 Å². The van der Waals surface area contributed by atoms with Gasteiger partial charge >= 0.3 is 6.09 Å². The van der Waals surface area contributed by atoms with Gasteiger partial charge in [-0.05, 0) is 51.0 Å². The predicted octanol–water partition coefficient (Wildman–Crippen LogP) is 4.30. The third kappa shape index (κ3) is 5.63. The van der Waals surface area contributed by atoms with Crippen molar-refractivity contribution in [2.24, 2.45) is 0 Å². The average molecular weight is 496 g/mol. The summed E-state index contributed by atoms with van der Waals surface area (Å²) < 4.78 is 34.4. The van der Waals surface area contributed by atoms with Crippen molar-refractivity contribution in [3.05, 3.63) is 71.8 Å². The van der Waals surface area contributed by atoms with E-state index < -0.39 is 10.0 Å². The number of rotatable bonds is 6. The summed E-state index contributed by atoms with van der Waals surface area (Å²) in [5.41, 5.74) is 2.11. The fraction of sp³-hybridized carbons (Fsp3) is 0.308. The molecule has 9 heteroatoms. The highest BCUT2D eigenvalue weighted by atomic mass is 32.2. The molecule has 2 amide bonds. The molecule has 0 aromatic heterocycles. The Morgan fingerprint density at radius 2 is 1.63 bits per heavy atom. The van der Waals surface area contributed by atoms with E-state index in [4.69, 9.17) is 4.74 Å². The number of aryl methyl sites for hydroxylation is 1. The van der Waals surface area contributed by atoms with Crippen LogP contribution in [-0.2, 0) is 14.8 Å². The van der Waals surface area contributed by atoms with Crippen LogP contribution in [0.4, 0.5) is 10.5 Å². The Labute approximate surface area is 205 Å². The number of amides is 2. The topological polar surface area (TPSA) is 105 Å². The smallest absolute Gasteiger partial charge is 0.409 e. The lowest BCUT2D eigenvalue weighted by Crippen LogP contribution is -2.46. The maximum atomic E-state index is 13.3. The molecule has 1 aliphatic rings. The first kappa shape index (κ1) is 24.7. The second-order valence-electron chi connectivity index (χ2n) is 8.56. The van der Waals surface area contributed by atoms with Crippen molar-refractivity contribution in [2.75, 3.05) is 25.0 Å². The lowest BCUT2D eigenvalue weighted by molar-refractivity contribution is 0.0964. The Hall–Kier alpha value is -3.43. The van der Waals surface area contributed by atoms with E-state index >= 15 is 0 Å². The normalized spacial score (nSPS) is 14.6. The largest absolute Gasteiger partial charge is 0.450 e. The van der Waals surface area contributed by atoms with Crippen LogP contribution in [0.25, 0.3) is 10.8 Å². The van der Waals surface area contributed by atoms with Crippen molar-refractivity contribution in [1.82, 2.24) is 9.62 Å². The van der Waals surface area contributed by atoms with Gasteiger partial charge in [0.25, 0.3) is 5.91 Å². The van der Waals surface area contributed by atoms with Gasteiger partial charge in [-0.1, -0.05) is 42.0 Å². The molecule has 1 aliphatic heterocycles. The van der Waals surface area contributed by atoms with Gasteiger partial charge in [0, 0.05) is 41.2 Å². The maximum absolute atomic E-state index is 13.3. The van der Waals surface area contributed by atoms with Crippen molar-refractivity contribution in [3.8, 4) is 0 Å². The molecule has 0 spiro atoms. The van der Waals surface area contributed by atoms with Gasteiger partial charge in [-0.3, -0.25) is 4.79 Å². The van der Waals surface area contributed by atoms with Gasteiger partial charge in [0.05, 0.1) is 11.5 Å². The molecular formula is C26H29N3O5S. The number of hydrogen-bond donors (Lipinski definition) is 2. The fourth-order valence-electron chi connectivity index (χ4n) is 4.20. The summed E-state index contributed by atoms with van der Waals surface area (Å²) in [6.45, 7) is 4.86. The Kier molecular flexibility index (Phi) is 7.37. The number of anilines is 1.